The Kier molecular flexibility index (Phi) is 5.85. The summed E-state index contributed by atoms with van der Waals surface area (Å²) in [5.41, 5.74) is 4.23. The van der Waals surface area contributed by atoms with Gasteiger partial charge in [-0.2, -0.15) is 0 Å². The molecule has 0 heterocycles. The van der Waals surface area contributed by atoms with Crippen LogP contribution in [-0.2, 0) is 14.8 Å². The topological polar surface area (TPSA) is 66.5 Å². The van der Waals surface area contributed by atoms with Gasteiger partial charge in [0, 0.05) is 18.7 Å². The van der Waals surface area contributed by atoms with Crippen LogP contribution in [0.15, 0.2) is 42.5 Å². The number of nitrogens with one attached hydrogen (secondary N) is 1. The largest absolute Gasteiger partial charge is 0.326 e. The summed E-state index contributed by atoms with van der Waals surface area (Å²) >= 11 is 0. The van der Waals surface area contributed by atoms with E-state index in [1.807, 2.05) is 57.2 Å². The van der Waals surface area contributed by atoms with Gasteiger partial charge in [-0.15, -0.1) is 0 Å². The van der Waals surface area contributed by atoms with Gasteiger partial charge in [-0.1, -0.05) is 30.3 Å². The zero-order valence-electron chi connectivity index (χ0n) is 15.0. The SMILES string of the molecule is Cc1ccccc1NC(=O)CCN(c1cccc(C)c1C)S(C)(=O)=O. The maximum Gasteiger partial charge on any atom is 0.232 e. The summed E-state index contributed by atoms with van der Waals surface area (Å²) in [7, 11) is -3.48. The molecule has 0 aliphatic heterocycles. The predicted molar refractivity (Wildman–Crippen MR) is 103 cm³/mol. The molecule has 0 aliphatic rings. The van der Waals surface area contributed by atoms with Crippen molar-refractivity contribution in [2.24, 2.45) is 0 Å². The zero-order chi connectivity index (χ0) is 18.6. The number of hydrogen-bond acceptors (Lipinski definition) is 3. The lowest BCUT2D eigenvalue weighted by molar-refractivity contribution is -0.116. The number of hydrogen-bond donors (Lipinski definition) is 1. The first-order valence-corrected chi connectivity index (χ1v) is 9.94. The van der Waals surface area contributed by atoms with Gasteiger partial charge in [0.2, 0.25) is 15.9 Å². The molecule has 5 nitrogen and oxygen atoms in total. The fourth-order valence-corrected chi connectivity index (χ4v) is 3.58. The van der Waals surface area contributed by atoms with Gasteiger partial charge in [-0.3, -0.25) is 9.10 Å². The third kappa shape index (κ3) is 4.82. The Hall–Kier alpha value is -2.34. The lowest BCUT2D eigenvalue weighted by atomic mass is 10.1. The number of rotatable bonds is 6. The molecule has 2 aromatic rings. The van der Waals surface area contributed by atoms with Crippen LogP contribution in [0.3, 0.4) is 0 Å². The van der Waals surface area contributed by atoms with Crippen LogP contribution in [0.5, 0.6) is 0 Å². The van der Waals surface area contributed by atoms with Crippen molar-refractivity contribution >= 4 is 27.3 Å². The average molecular weight is 360 g/mol. The highest BCUT2D eigenvalue weighted by molar-refractivity contribution is 7.92. The highest BCUT2D eigenvalue weighted by atomic mass is 32.2. The number of nitrogens with zero attached hydrogens (tertiary/aromatic N) is 1. The normalized spacial score (nSPS) is 11.2. The van der Waals surface area contributed by atoms with Gasteiger partial charge < -0.3 is 5.32 Å². The third-order valence-electron chi connectivity index (χ3n) is 4.21. The number of sulfonamides is 1. The summed E-state index contributed by atoms with van der Waals surface area (Å²) in [4.78, 5) is 12.2. The van der Waals surface area contributed by atoms with Crippen LogP contribution < -0.4 is 9.62 Å². The molecule has 0 unspecified atom stereocenters. The molecule has 134 valence electrons. The molecule has 0 radical (unpaired) electrons. The molecule has 0 saturated carbocycles. The number of carbonyl (C=O) groups excluding carboxylic acids is 1. The van der Waals surface area contributed by atoms with Crippen molar-refractivity contribution in [1.82, 2.24) is 0 Å². The Morgan fingerprint density at radius 3 is 2.28 bits per heavy atom. The van der Waals surface area contributed by atoms with Gasteiger partial charge in [-0.25, -0.2) is 8.42 Å². The molecular weight excluding hydrogens is 336 g/mol. The van der Waals surface area contributed by atoms with E-state index in [0.717, 1.165) is 28.6 Å². The number of aryl methyl sites for hydroxylation is 2. The quantitative estimate of drug-likeness (QED) is 0.858. The summed E-state index contributed by atoms with van der Waals surface area (Å²) in [6.07, 6.45) is 1.24. The van der Waals surface area contributed by atoms with Crippen LogP contribution in [0.2, 0.25) is 0 Å². The van der Waals surface area contributed by atoms with E-state index in [-0.39, 0.29) is 18.9 Å². The molecule has 0 aromatic heterocycles. The number of amides is 1. The Balaban J connectivity index is 2.15. The van der Waals surface area contributed by atoms with E-state index in [2.05, 4.69) is 5.32 Å². The van der Waals surface area contributed by atoms with Crippen LogP contribution >= 0.6 is 0 Å². The van der Waals surface area contributed by atoms with Gasteiger partial charge in [0.1, 0.15) is 0 Å². The van der Waals surface area contributed by atoms with Crippen LogP contribution in [0.1, 0.15) is 23.1 Å². The second kappa shape index (κ2) is 7.70. The van der Waals surface area contributed by atoms with E-state index in [1.54, 1.807) is 6.07 Å². The Morgan fingerprint density at radius 1 is 1.00 bits per heavy atom. The second-order valence-corrected chi connectivity index (χ2v) is 8.07. The third-order valence-corrected chi connectivity index (χ3v) is 5.39. The van der Waals surface area contributed by atoms with Gasteiger partial charge >= 0.3 is 0 Å². The van der Waals surface area contributed by atoms with E-state index in [0.29, 0.717) is 5.69 Å². The maximum atomic E-state index is 12.2. The minimum atomic E-state index is -3.48. The summed E-state index contributed by atoms with van der Waals surface area (Å²) in [5, 5.41) is 2.83. The van der Waals surface area contributed by atoms with Crippen molar-refractivity contribution in [3.8, 4) is 0 Å². The Morgan fingerprint density at radius 2 is 1.64 bits per heavy atom. The summed E-state index contributed by atoms with van der Waals surface area (Å²) in [5.74, 6) is -0.215. The summed E-state index contributed by atoms with van der Waals surface area (Å²) in [6.45, 7) is 5.83. The predicted octanol–water partition coefficient (Wildman–Crippen LogP) is 3.41. The van der Waals surface area contributed by atoms with E-state index >= 15 is 0 Å². The van der Waals surface area contributed by atoms with Gasteiger partial charge in [-0.05, 0) is 49.6 Å². The van der Waals surface area contributed by atoms with Crippen molar-refractivity contribution in [2.45, 2.75) is 27.2 Å². The molecule has 0 fully saturated rings. The molecule has 0 atom stereocenters. The zero-order valence-corrected chi connectivity index (χ0v) is 15.9. The van der Waals surface area contributed by atoms with E-state index < -0.39 is 10.0 Å². The first kappa shape index (κ1) is 19.0. The van der Waals surface area contributed by atoms with Crippen molar-refractivity contribution in [2.75, 3.05) is 22.4 Å². The smallest absolute Gasteiger partial charge is 0.232 e. The Labute approximate surface area is 149 Å². The molecule has 1 N–H and O–H groups in total. The molecule has 25 heavy (non-hydrogen) atoms. The van der Waals surface area contributed by atoms with E-state index in [4.69, 9.17) is 0 Å². The Bertz CT molecular complexity index is 876. The summed E-state index contributed by atoms with van der Waals surface area (Å²) < 4.78 is 25.7. The van der Waals surface area contributed by atoms with Crippen LogP contribution in [0.4, 0.5) is 11.4 Å². The minimum absolute atomic E-state index is 0.0782. The first-order chi connectivity index (χ1) is 11.7. The molecule has 0 spiro atoms. The van der Waals surface area contributed by atoms with Crippen molar-refractivity contribution in [3.05, 3.63) is 59.2 Å². The van der Waals surface area contributed by atoms with Crippen LogP contribution in [-0.4, -0.2) is 27.1 Å². The fraction of sp³-hybridized carbons (Fsp3) is 0.316. The molecule has 0 bridgehead atoms. The molecular formula is C19H24N2O3S. The van der Waals surface area contributed by atoms with Gasteiger partial charge in [0.15, 0.2) is 0 Å². The average Bonchev–Trinajstić information content (AvgIpc) is 2.52. The summed E-state index contributed by atoms with van der Waals surface area (Å²) in [6, 6.07) is 13.0. The second-order valence-electron chi connectivity index (χ2n) is 6.17. The molecule has 1 amide bonds. The first-order valence-electron chi connectivity index (χ1n) is 8.09. The number of benzene rings is 2. The molecule has 2 aromatic carbocycles. The standard InChI is InChI=1S/C19H24N2O3S/c1-14-9-7-11-18(16(14)3)21(25(4,23)24)13-12-19(22)20-17-10-6-5-8-15(17)2/h5-11H,12-13H2,1-4H3,(H,20,22). The van der Waals surface area contributed by atoms with Gasteiger partial charge in [0.25, 0.3) is 0 Å². The number of para-hydroxylation sites is 1. The lowest BCUT2D eigenvalue weighted by Gasteiger charge is -2.24. The lowest BCUT2D eigenvalue weighted by Crippen LogP contribution is -2.33. The van der Waals surface area contributed by atoms with E-state index in [1.165, 1.54) is 4.31 Å². The molecule has 0 aliphatic carbocycles. The minimum Gasteiger partial charge on any atom is -0.326 e. The fourth-order valence-electron chi connectivity index (χ4n) is 2.60. The number of carbonyl (C=O) groups is 1. The monoisotopic (exact) mass is 360 g/mol. The van der Waals surface area contributed by atoms with Crippen LogP contribution in [0, 0.1) is 20.8 Å². The maximum absolute atomic E-state index is 12.2. The number of anilines is 2. The highest BCUT2D eigenvalue weighted by Gasteiger charge is 2.20. The van der Waals surface area contributed by atoms with Crippen molar-refractivity contribution < 1.29 is 13.2 Å². The molecule has 0 saturated heterocycles. The van der Waals surface area contributed by atoms with Crippen LogP contribution in [0.25, 0.3) is 0 Å². The molecule has 2 rings (SSSR count). The van der Waals surface area contributed by atoms with Gasteiger partial charge in [0.05, 0.1) is 11.9 Å². The van der Waals surface area contributed by atoms with Crippen molar-refractivity contribution in [3.63, 3.8) is 0 Å². The highest BCUT2D eigenvalue weighted by Crippen LogP contribution is 2.25. The molecule has 6 heteroatoms. The van der Waals surface area contributed by atoms with Crippen molar-refractivity contribution in [1.29, 1.82) is 0 Å². The van der Waals surface area contributed by atoms with E-state index in [9.17, 15) is 13.2 Å².